The number of methoxy groups -OCH3 is 1. The second-order valence-corrected chi connectivity index (χ2v) is 10.8. The summed E-state index contributed by atoms with van der Waals surface area (Å²) in [4.78, 5) is 29.5. The molecule has 6 rings (SSSR count). The fourth-order valence-corrected chi connectivity index (χ4v) is 6.93. The maximum Gasteiger partial charge on any atom is 0.337 e. The number of thiophene rings is 1. The first-order valence-corrected chi connectivity index (χ1v) is 13.5. The summed E-state index contributed by atoms with van der Waals surface area (Å²) in [7, 11) is 1.35. The van der Waals surface area contributed by atoms with Crippen LogP contribution >= 0.6 is 11.3 Å². The number of amides is 2. The third kappa shape index (κ3) is 4.23. The molecule has 2 aromatic carbocycles. The predicted octanol–water partition coefficient (Wildman–Crippen LogP) is 6.65. The summed E-state index contributed by atoms with van der Waals surface area (Å²) in [5.74, 6) is -0.434. The molecule has 0 saturated heterocycles. The Balaban J connectivity index is 1.45. The molecule has 1 unspecified atom stereocenters. The number of benzene rings is 2. The van der Waals surface area contributed by atoms with Crippen LogP contribution in [-0.2, 0) is 24.1 Å². The van der Waals surface area contributed by atoms with Crippen LogP contribution in [0.25, 0.3) is 5.00 Å². The summed E-state index contributed by atoms with van der Waals surface area (Å²) in [5, 5.41) is 4.30. The first kappa shape index (κ1) is 23.6. The Morgan fingerprint density at radius 2 is 1.81 bits per heavy atom. The van der Waals surface area contributed by atoms with Gasteiger partial charge in [0.25, 0.3) is 0 Å². The smallest absolute Gasteiger partial charge is 0.337 e. The molecule has 0 radical (unpaired) electrons. The number of carbonyl (C=O) groups is 2. The van der Waals surface area contributed by atoms with Crippen molar-refractivity contribution < 1.29 is 14.3 Å². The number of hydrogen-bond acceptors (Lipinski definition) is 4. The van der Waals surface area contributed by atoms with E-state index >= 15 is 0 Å². The maximum absolute atomic E-state index is 14.0. The number of urea groups is 1. The van der Waals surface area contributed by atoms with Gasteiger partial charge < -0.3 is 19.5 Å². The molecule has 1 atom stereocenters. The highest BCUT2D eigenvalue weighted by Gasteiger charge is 2.36. The molecule has 4 aromatic rings. The number of carbonyl (C=O) groups excluding carboxylic acids is 2. The highest BCUT2D eigenvalue weighted by molar-refractivity contribution is 7.15. The molecule has 37 heavy (non-hydrogen) atoms. The Kier molecular flexibility index (Phi) is 6.08. The van der Waals surface area contributed by atoms with E-state index in [1.165, 1.54) is 46.5 Å². The second-order valence-electron chi connectivity index (χ2n) is 9.74. The maximum atomic E-state index is 14.0. The minimum atomic E-state index is -0.434. The van der Waals surface area contributed by atoms with Gasteiger partial charge in [-0.1, -0.05) is 35.9 Å². The summed E-state index contributed by atoms with van der Waals surface area (Å²) in [6, 6.07) is 19.0. The SMILES string of the molecule is COC(=O)c1cccc(NC(=O)N2Cc3c(sc4c3CCCC4)-n3cccc3C2c2ccc(C)cc2)c1. The molecule has 1 N–H and O–H groups in total. The van der Waals surface area contributed by atoms with E-state index in [0.717, 1.165) is 24.1 Å². The lowest BCUT2D eigenvalue weighted by atomic mass is 9.95. The Labute approximate surface area is 220 Å². The molecule has 0 fully saturated rings. The lowest BCUT2D eigenvalue weighted by molar-refractivity contribution is 0.0600. The molecule has 3 heterocycles. The first-order valence-electron chi connectivity index (χ1n) is 12.7. The fourth-order valence-electron chi connectivity index (χ4n) is 5.52. The normalized spacial score (nSPS) is 16.3. The van der Waals surface area contributed by atoms with Crippen molar-refractivity contribution in [3.05, 3.63) is 105 Å². The van der Waals surface area contributed by atoms with Gasteiger partial charge in [-0.2, -0.15) is 0 Å². The summed E-state index contributed by atoms with van der Waals surface area (Å²) in [6.45, 7) is 2.59. The van der Waals surface area contributed by atoms with Gasteiger partial charge in [0.05, 0.1) is 31.0 Å². The van der Waals surface area contributed by atoms with Crippen LogP contribution in [0, 0.1) is 6.92 Å². The van der Waals surface area contributed by atoms with Crippen molar-refractivity contribution in [3.8, 4) is 5.00 Å². The molecule has 0 bridgehead atoms. The molecule has 7 heteroatoms. The molecule has 1 aliphatic heterocycles. The number of rotatable bonds is 3. The number of aryl methyl sites for hydroxylation is 2. The minimum absolute atomic E-state index is 0.205. The van der Waals surface area contributed by atoms with Crippen LogP contribution in [0.4, 0.5) is 10.5 Å². The quantitative estimate of drug-likeness (QED) is 0.313. The Hall–Kier alpha value is -3.84. The van der Waals surface area contributed by atoms with Crippen molar-refractivity contribution >= 4 is 29.0 Å². The van der Waals surface area contributed by atoms with Crippen LogP contribution in [0.15, 0.2) is 66.9 Å². The zero-order valence-electron chi connectivity index (χ0n) is 21.0. The van der Waals surface area contributed by atoms with Crippen LogP contribution in [0.3, 0.4) is 0 Å². The van der Waals surface area contributed by atoms with Gasteiger partial charge in [-0.05, 0) is 74.1 Å². The van der Waals surface area contributed by atoms with E-state index in [-0.39, 0.29) is 12.1 Å². The van der Waals surface area contributed by atoms with E-state index in [1.807, 2.05) is 16.2 Å². The summed E-state index contributed by atoms with van der Waals surface area (Å²) in [6.07, 6.45) is 6.69. The third-order valence-electron chi connectivity index (χ3n) is 7.37. The van der Waals surface area contributed by atoms with Gasteiger partial charge in [0.1, 0.15) is 5.00 Å². The van der Waals surface area contributed by atoms with Crippen LogP contribution < -0.4 is 5.32 Å². The Morgan fingerprint density at radius 1 is 1.00 bits per heavy atom. The fraction of sp³-hybridized carbons (Fsp3) is 0.267. The van der Waals surface area contributed by atoms with Gasteiger partial charge in [0.15, 0.2) is 0 Å². The number of hydrogen-bond donors (Lipinski definition) is 1. The van der Waals surface area contributed by atoms with E-state index in [1.54, 1.807) is 24.3 Å². The molecule has 2 aromatic heterocycles. The number of fused-ring (bicyclic) bond motifs is 5. The largest absolute Gasteiger partial charge is 0.465 e. The van der Waals surface area contributed by atoms with Gasteiger partial charge in [0, 0.05) is 22.3 Å². The topological polar surface area (TPSA) is 63.6 Å². The summed E-state index contributed by atoms with van der Waals surface area (Å²) >= 11 is 1.88. The number of aromatic nitrogens is 1. The zero-order chi connectivity index (χ0) is 25.5. The zero-order valence-corrected chi connectivity index (χ0v) is 21.8. The molecule has 0 spiro atoms. The van der Waals surface area contributed by atoms with E-state index in [0.29, 0.717) is 17.8 Å². The van der Waals surface area contributed by atoms with Crippen molar-refractivity contribution in [2.24, 2.45) is 0 Å². The van der Waals surface area contributed by atoms with Crippen molar-refractivity contribution in [1.29, 1.82) is 0 Å². The standard InChI is InChI=1S/C30H29N3O3S/c1-19-12-14-20(15-13-19)27-25-10-6-16-32(25)28-24(23-9-3-4-11-26(23)37-28)18-33(27)30(35)31-22-8-5-7-21(17-22)29(34)36-2/h5-8,10,12-17,27H,3-4,9,11,18H2,1-2H3,(H,31,35). The summed E-state index contributed by atoms with van der Waals surface area (Å²) < 4.78 is 7.15. The van der Waals surface area contributed by atoms with Crippen LogP contribution in [0.1, 0.15) is 62.1 Å². The second kappa shape index (κ2) is 9.56. The number of ether oxygens (including phenoxy) is 1. The number of nitrogens with zero attached hydrogens (tertiary/aromatic N) is 2. The highest BCUT2D eigenvalue weighted by Crippen LogP contribution is 2.44. The van der Waals surface area contributed by atoms with E-state index < -0.39 is 5.97 Å². The third-order valence-corrected chi connectivity index (χ3v) is 8.70. The number of nitrogens with one attached hydrogen (secondary N) is 1. The van der Waals surface area contributed by atoms with Gasteiger partial charge in [-0.3, -0.25) is 0 Å². The van der Waals surface area contributed by atoms with Gasteiger partial charge in [0.2, 0.25) is 0 Å². The van der Waals surface area contributed by atoms with Crippen molar-refractivity contribution in [2.75, 3.05) is 12.4 Å². The van der Waals surface area contributed by atoms with Crippen molar-refractivity contribution in [1.82, 2.24) is 9.47 Å². The van der Waals surface area contributed by atoms with E-state index in [4.69, 9.17) is 4.74 Å². The monoisotopic (exact) mass is 511 g/mol. The molecule has 0 saturated carbocycles. The molecule has 1 aliphatic carbocycles. The molecular weight excluding hydrogens is 482 g/mol. The highest BCUT2D eigenvalue weighted by atomic mass is 32.1. The van der Waals surface area contributed by atoms with E-state index in [9.17, 15) is 9.59 Å². The Morgan fingerprint density at radius 3 is 2.62 bits per heavy atom. The molecule has 2 amide bonds. The lowest BCUT2D eigenvalue weighted by Gasteiger charge is -2.31. The molecule has 6 nitrogen and oxygen atoms in total. The van der Waals surface area contributed by atoms with Crippen LogP contribution in [0.2, 0.25) is 0 Å². The van der Waals surface area contributed by atoms with Gasteiger partial charge in [-0.25, -0.2) is 9.59 Å². The van der Waals surface area contributed by atoms with Crippen molar-refractivity contribution in [2.45, 2.75) is 45.2 Å². The summed E-state index contributed by atoms with van der Waals surface area (Å²) in [5.41, 5.74) is 6.94. The van der Waals surface area contributed by atoms with Crippen LogP contribution in [-0.4, -0.2) is 28.6 Å². The first-order chi connectivity index (χ1) is 18.0. The van der Waals surface area contributed by atoms with E-state index in [2.05, 4.69) is 59.4 Å². The van der Waals surface area contributed by atoms with Gasteiger partial charge >= 0.3 is 12.0 Å². The van der Waals surface area contributed by atoms with Crippen LogP contribution in [0.5, 0.6) is 0 Å². The molecular formula is C30H29N3O3S. The average molecular weight is 512 g/mol. The average Bonchev–Trinajstić information content (AvgIpc) is 3.51. The van der Waals surface area contributed by atoms with Crippen molar-refractivity contribution in [3.63, 3.8) is 0 Å². The molecule has 2 aliphatic rings. The number of esters is 1. The predicted molar refractivity (Wildman–Crippen MR) is 146 cm³/mol. The Bertz CT molecular complexity index is 1480. The number of anilines is 1. The lowest BCUT2D eigenvalue weighted by Crippen LogP contribution is -2.38. The minimum Gasteiger partial charge on any atom is -0.465 e. The molecule has 188 valence electrons. The van der Waals surface area contributed by atoms with Gasteiger partial charge in [-0.15, -0.1) is 11.3 Å².